The van der Waals surface area contributed by atoms with E-state index < -0.39 is 0 Å². The smallest absolute Gasteiger partial charge is 0.159 e. The van der Waals surface area contributed by atoms with Crippen LogP contribution in [0.25, 0.3) is 55.8 Å². The number of hydrogen-bond acceptors (Lipinski definition) is 4. The molecular weight excluding hydrogens is 781 g/mol. The van der Waals surface area contributed by atoms with E-state index in [0.717, 1.165) is 104 Å². The van der Waals surface area contributed by atoms with Crippen molar-refractivity contribution in [2.24, 2.45) is 0 Å². The Kier molecular flexibility index (Phi) is 9.56. The van der Waals surface area contributed by atoms with Crippen LogP contribution in [0.4, 0.5) is 17.1 Å². The second-order valence-electron chi connectivity index (χ2n) is 17.0. The molecule has 7 aromatic carbocycles. The van der Waals surface area contributed by atoms with E-state index in [4.69, 9.17) is 8.83 Å². The topological polar surface area (TPSA) is 32.8 Å². The molecule has 308 valence electrons. The molecule has 2 unspecified atom stereocenters. The van der Waals surface area contributed by atoms with Gasteiger partial charge in [-0.1, -0.05) is 170 Å². The van der Waals surface area contributed by atoms with E-state index in [0.29, 0.717) is 5.92 Å². The quantitative estimate of drug-likeness (QED) is 0.145. The van der Waals surface area contributed by atoms with Crippen molar-refractivity contribution >= 4 is 61.7 Å². The molecule has 4 nitrogen and oxygen atoms in total. The maximum atomic E-state index is 6.96. The number of rotatable bonds is 9. The molecule has 2 atom stereocenters. The van der Waals surface area contributed by atoms with Gasteiger partial charge in [-0.3, -0.25) is 0 Å². The number of anilines is 3. The van der Waals surface area contributed by atoms with E-state index in [1.165, 1.54) is 22.0 Å². The number of fused-ring (bicyclic) bond motifs is 6. The van der Waals surface area contributed by atoms with E-state index in [1.807, 2.05) is 6.07 Å². The van der Waals surface area contributed by atoms with E-state index >= 15 is 0 Å². The molecule has 0 aliphatic heterocycles. The van der Waals surface area contributed by atoms with Crippen LogP contribution in [-0.2, 0) is 0 Å². The third kappa shape index (κ3) is 6.70. The zero-order chi connectivity index (χ0) is 42.4. The van der Waals surface area contributed by atoms with Crippen LogP contribution in [0, 0.1) is 0 Å². The van der Waals surface area contributed by atoms with Crippen LogP contribution in [0.1, 0.15) is 48.6 Å². The van der Waals surface area contributed by atoms with Gasteiger partial charge in [-0.25, -0.2) is 0 Å². The predicted octanol–water partition coefficient (Wildman–Crippen LogP) is 14.6. The van der Waals surface area contributed by atoms with E-state index in [2.05, 4.69) is 222 Å². The first kappa shape index (κ1) is 37.9. The van der Waals surface area contributed by atoms with Crippen LogP contribution in [0.5, 0.6) is 0 Å². The summed E-state index contributed by atoms with van der Waals surface area (Å²) < 4.78 is 13.6. The molecule has 0 amide bonds. The minimum absolute atomic E-state index is 0.237. The van der Waals surface area contributed by atoms with Gasteiger partial charge in [0.15, 0.2) is 11.0 Å². The van der Waals surface area contributed by atoms with Gasteiger partial charge < -0.3 is 18.6 Å². The SMILES string of the molecule is C1=CC(c2ccccc2)CC=C1N(C1=CCC(c2ccc(N(C3=c4oc5c(-c6ccccc6)cccc5c4=CCC3)c3ccccc3)cc2)C=C1)c1cccc2c1oc1ccccc12. The van der Waals surface area contributed by atoms with Gasteiger partial charge in [-0.15, -0.1) is 0 Å². The Morgan fingerprint density at radius 3 is 1.78 bits per heavy atom. The molecule has 0 saturated carbocycles. The van der Waals surface area contributed by atoms with Gasteiger partial charge in [0.2, 0.25) is 0 Å². The van der Waals surface area contributed by atoms with Crippen LogP contribution < -0.4 is 20.4 Å². The van der Waals surface area contributed by atoms with Crippen molar-refractivity contribution in [3.05, 3.63) is 246 Å². The molecule has 0 fully saturated rings. The van der Waals surface area contributed by atoms with Gasteiger partial charge in [-0.2, -0.15) is 0 Å². The number of nitrogens with zero attached hydrogens (tertiary/aromatic N) is 2. The molecule has 2 aromatic heterocycles. The fourth-order valence-electron chi connectivity index (χ4n) is 10.1. The van der Waals surface area contributed by atoms with Crippen LogP contribution in [0.3, 0.4) is 0 Å². The highest BCUT2D eigenvalue weighted by Crippen LogP contribution is 2.42. The number of benzene rings is 7. The largest absolute Gasteiger partial charge is 0.454 e. The van der Waals surface area contributed by atoms with E-state index in [1.54, 1.807) is 0 Å². The van der Waals surface area contributed by atoms with Gasteiger partial charge in [0, 0.05) is 61.5 Å². The van der Waals surface area contributed by atoms with Crippen molar-refractivity contribution in [3.63, 3.8) is 0 Å². The van der Waals surface area contributed by atoms with Crippen molar-refractivity contribution in [2.75, 3.05) is 9.80 Å². The predicted molar refractivity (Wildman–Crippen MR) is 265 cm³/mol. The average Bonchev–Trinajstić information content (AvgIpc) is 3.96. The Hall–Kier alpha value is -7.82. The molecule has 3 aliphatic rings. The third-order valence-corrected chi connectivity index (χ3v) is 13.2. The second kappa shape index (κ2) is 16.1. The first-order valence-corrected chi connectivity index (χ1v) is 22.5. The molecule has 0 saturated heterocycles. The Balaban J connectivity index is 0.883. The normalized spacial score (nSPS) is 17.0. The summed E-state index contributed by atoms with van der Waals surface area (Å²) in [7, 11) is 0. The lowest BCUT2D eigenvalue weighted by Gasteiger charge is -2.32. The second-order valence-corrected chi connectivity index (χ2v) is 17.0. The van der Waals surface area contributed by atoms with Crippen LogP contribution in [0.2, 0.25) is 0 Å². The summed E-state index contributed by atoms with van der Waals surface area (Å²) >= 11 is 0. The first-order valence-electron chi connectivity index (χ1n) is 22.5. The van der Waals surface area contributed by atoms with Gasteiger partial charge in [0.25, 0.3) is 0 Å². The lowest BCUT2D eigenvalue weighted by molar-refractivity contribution is 0.567. The summed E-state index contributed by atoms with van der Waals surface area (Å²) in [6.07, 6.45) is 20.1. The molecule has 3 aliphatic carbocycles. The molecular formula is C60H46N2O2. The number of furan rings is 2. The summed E-state index contributed by atoms with van der Waals surface area (Å²) in [6.45, 7) is 0. The summed E-state index contributed by atoms with van der Waals surface area (Å²) in [5.74, 6) is 0.582. The molecule has 0 N–H and O–H groups in total. The van der Waals surface area contributed by atoms with Crippen molar-refractivity contribution < 1.29 is 8.83 Å². The van der Waals surface area contributed by atoms with Crippen LogP contribution in [0.15, 0.2) is 233 Å². The molecule has 64 heavy (non-hydrogen) atoms. The Morgan fingerprint density at radius 1 is 0.453 bits per heavy atom. The van der Waals surface area contributed by atoms with Crippen LogP contribution in [-0.4, -0.2) is 0 Å². The van der Waals surface area contributed by atoms with Gasteiger partial charge in [-0.05, 0) is 90.9 Å². The maximum absolute atomic E-state index is 6.96. The molecule has 2 heterocycles. The standard InChI is InChI=1S/C60H46N2O2/c1-4-15-41(16-5-1)42-29-35-48(36-30-42)62(55-26-13-24-52-51-21-10-11-28-57(51)63-59(52)55)49-39-33-44(34-40-49)43-31-37-47(38-32-43)61(46-19-8-3-9-20-46)56-27-14-25-54-53-23-12-22-50(58(53)64-60(54)56)45-17-6-2-7-18-45/h1-13,15-26,28-29,31-33,35-40,42,44H,14,27,30,34H2. The molecule has 9 aromatic rings. The fraction of sp³-hybridized carbons (Fsp3) is 0.100. The average molecular weight is 827 g/mol. The number of allylic oxidation sites excluding steroid dienone is 6. The van der Waals surface area contributed by atoms with Crippen LogP contribution >= 0.6 is 0 Å². The number of hydrogen-bond donors (Lipinski definition) is 0. The summed E-state index contributed by atoms with van der Waals surface area (Å²) in [4.78, 5) is 4.79. The zero-order valence-electron chi connectivity index (χ0n) is 35.5. The van der Waals surface area contributed by atoms with Crippen molar-refractivity contribution in [2.45, 2.75) is 37.5 Å². The minimum Gasteiger partial charge on any atom is -0.454 e. The molecule has 0 spiro atoms. The van der Waals surface area contributed by atoms with Gasteiger partial charge in [0.1, 0.15) is 11.2 Å². The fourth-order valence-corrected chi connectivity index (χ4v) is 10.1. The van der Waals surface area contributed by atoms with E-state index in [9.17, 15) is 0 Å². The van der Waals surface area contributed by atoms with Gasteiger partial charge in [0.05, 0.1) is 11.4 Å². The van der Waals surface area contributed by atoms with Crippen molar-refractivity contribution in [1.29, 1.82) is 0 Å². The highest BCUT2D eigenvalue weighted by Gasteiger charge is 2.26. The molecule has 4 heteroatoms. The third-order valence-electron chi connectivity index (χ3n) is 13.2. The minimum atomic E-state index is 0.237. The summed E-state index contributed by atoms with van der Waals surface area (Å²) in [6, 6.07) is 62.7. The van der Waals surface area contributed by atoms with Crippen molar-refractivity contribution in [3.8, 4) is 11.1 Å². The first-order chi connectivity index (χ1) is 31.7. The number of para-hydroxylation sites is 4. The maximum Gasteiger partial charge on any atom is 0.159 e. The lowest BCUT2D eigenvalue weighted by atomic mass is 9.89. The Labute approximate surface area is 373 Å². The molecule has 0 radical (unpaired) electrons. The van der Waals surface area contributed by atoms with Gasteiger partial charge >= 0.3 is 0 Å². The highest BCUT2D eigenvalue weighted by atomic mass is 16.3. The Morgan fingerprint density at radius 2 is 1.06 bits per heavy atom. The molecule has 12 rings (SSSR count). The zero-order valence-corrected chi connectivity index (χ0v) is 35.5. The monoisotopic (exact) mass is 826 g/mol. The van der Waals surface area contributed by atoms with Crippen molar-refractivity contribution in [1.82, 2.24) is 0 Å². The summed E-state index contributed by atoms with van der Waals surface area (Å²) in [5.41, 5.74) is 15.4. The Bertz CT molecular complexity index is 3440. The highest BCUT2D eigenvalue weighted by molar-refractivity contribution is 6.09. The summed E-state index contributed by atoms with van der Waals surface area (Å²) in [5, 5.41) is 4.60. The lowest BCUT2D eigenvalue weighted by Crippen LogP contribution is -2.32. The van der Waals surface area contributed by atoms with E-state index in [-0.39, 0.29) is 5.92 Å². The molecule has 0 bridgehead atoms.